The van der Waals surface area contributed by atoms with Crippen molar-refractivity contribution in [3.05, 3.63) is 36.1 Å². The second kappa shape index (κ2) is 5.84. The highest BCUT2D eigenvalue weighted by atomic mass is 16.3. The summed E-state index contributed by atoms with van der Waals surface area (Å²) in [6.45, 7) is 1.17. The smallest absolute Gasteiger partial charge is 0.134 e. The molecule has 2 nitrogen and oxygen atoms in total. The highest BCUT2D eigenvalue weighted by molar-refractivity contribution is 5.77. The summed E-state index contributed by atoms with van der Waals surface area (Å²) in [4.78, 5) is 0. The lowest BCUT2D eigenvalue weighted by molar-refractivity contribution is 0.333. The van der Waals surface area contributed by atoms with E-state index in [4.69, 9.17) is 4.42 Å². The SMILES string of the molecule is c1ccc2oc(C3CCCCCC3CNC3CC3)cc2c1. The predicted molar refractivity (Wildman–Crippen MR) is 86.6 cm³/mol. The molecule has 21 heavy (non-hydrogen) atoms. The number of fused-ring (bicyclic) bond motifs is 1. The second-order valence-corrected chi connectivity index (χ2v) is 6.87. The van der Waals surface area contributed by atoms with Crippen LogP contribution >= 0.6 is 0 Å². The molecule has 0 radical (unpaired) electrons. The number of para-hydroxylation sites is 1. The molecule has 1 N–H and O–H groups in total. The summed E-state index contributed by atoms with van der Waals surface area (Å²) in [5.74, 6) is 2.57. The molecule has 1 heterocycles. The fraction of sp³-hybridized carbons (Fsp3) is 0.579. The largest absolute Gasteiger partial charge is 0.461 e. The van der Waals surface area contributed by atoms with Crippen LogP contribution in [0.4, 0.5) is 0 Å². The van der Waals surface area contributed by atoms with Gasteiger partial charge in [-0.15, -0.1) is 0 Å². The van der Waals surface area contributed by atoms with Crippen LogP contribution in [0.25, 0.3) is 11.0 Å². The summed E-state index contributed by atoms with van der Waals surface area (Å²) < 4.78 is 6.19. The quantitative estimate of drug-likeness (QED) is 0.811. The molecule has 112 valence electrons. The van der Waals surface area contributed by atoms with Gasteiger partial charge >= 0.3 is 0 Å². The van der Waals surface area contributed by atoms with Crippen molar-refractivity contribution in [3.63, 3.8) is 0 Å². The first-order chi connectivity index (χ1) is 10.4. The molecule has 0 aliphatic heterocycles. The third kappa shape index (κ3) is 3.01. The van der Waals surface area contributed by atoms with Gasteiger partial charge < -0.3 is 9.73 Å². The summed E-state index contributed by atoms with van der Waals surface area (Å²) in [7, 11) is 0. The van der Waals surface area contributed by atoms with Gasteiger partial charge in [-0.25, -0.2) is 0 Å². The normalized spacial score (nSPS) is 26.9. The molecular weight excluding hydrogens is 258 g/mol. The molecule has 2 aromatic rings. The van der Waals surface area contributed by atoms with Crippen molar-refractivity contribution >= 4 is 11.0 Å². The third-order valence-electron chi connectivity index (χ3n) is 5.22. The first kappa shape index (κ1) is 13.4. The monoisotopic (exact) mass is 283 g/mol. The summed E-state index contributed by atoms with van der Waals surface area (Å²) in [5, 5.41) is 5.00. The van der Waals surface area contributed by atoms with Gasteiger partial charge in [0.05, 0.1) is 0 Å². The van der Waals surface area contributed by atoms with Crippen molar-refractivity contribution in [2.75, 3.05) is 6.54 Å². The Kier molecular flexibility index (Phi) is 3.72. The Morgan fingerprint density at radius 2 is 1.86 bits per heavy atom. The Balaban J connectivity index is 1.57. The lowest BCUT2D eigenvalue weighted by Crippen LogP contribution is -2.28. The minimum absolute atomic E-state index is 0.603. The van der Waals surface area contributed by atoms with E-state index >= 15 is 0 Å². The van der Waals surface area contributed by atoms with E-state index in [9.17, 15) is 0 Å². The van der Waals surface area contributed by atoms with Gasteiger partial charge in [-0.1, -0.05) is 37.5 Å². The first-order valence-electron chi connectivity index (χ1n) is 8.62. The molecule has 2 atom stereocenters. The zero-order valence-corrected chi connectivity index (χ0v) is 12.7. The number of furan rings is 1. The number of hydrogen-bond donors (Lipinski definition) is 1. The lowest BCUT2D eigenvalue weighted by Gasteiger charge is -2.23. The minimum atomic E-state index is 0.603. The number of benzene rings is 1. The number of rotatable bonds is 4. The van der Waals surface area contributed by atoms with E-state index in [0.29, 0.717) is 5.92 Å². The minimum Gasteiger partial charge on any atom is -0.461 e. The van der Waals surface area contributed by atoms with E-state index < -0.39 is 0 Å². The topological polar surface area (TPSA) is 25.2 Å². The molecular formula is C19H25NO. The Bertz CT molecular complexity index is 565. The zero-order chi connectivity index (χ0) is 14.1. The maximum absolute atomic E-state index is 6.19. The van der Waals surface area contributed by atoms with Crippen LogP contribution < -0.4 is 5.32 Å². The highest BCUT2D eigenvalue weighted by Gasteiger charge is 2.30. The Morgan fingerprint density at radius 1 is 1.00 bits per heavy atom. The molecule has 2 aliphatic carbocycles. The van der Waals surface area contributed by atoms with Gasteiger partial charge in [0.1, 0.15) is 11.3 Å². The van der Waals surface area contributed by atoms with Crippen LogP contribution in [0, 0.1) is 5.92 Å². The molecule has 2 saturated carbocycles. The van der Waals surface area contributed by atoms with Crippen molar-refractivity contribution in [1.82, 2.24) is 5.32 Å². The average molecular weight is 283 g/mol. The molecule has 2 fully saturated rings. The molecule has 4 rings (SSSR count). The summed E-state index contributed by atoms with van der Waals surface area (Å²) in [6, 6.07) is 11.5. The van der Waals surface area contributed by atoms with Crippen LogP contribution in [0.3, 0.4) is 0 Å². The lowest BCUT2D eigenvalue weighted by atomic mass is 9.85. The van der Waals surface area contributed by atoms with Crippen LogP contribution in [0.1, 0.15) is 56.6 Å². The van der Waals surface area contributed by atoms with Crippen LogP contribution in [0.15, 0.2) is 34.7 Å². The molecule has 0 bridgehead atoms. The summed E-state index contributed by atoms with van der Waals surface area (Å²) in [5.41, 5.74) is 1.05. The molecule has 1 aromatic carbocycles. The van der Waals surface area contributed by atoms with Gasteiger partial charge in [0.25, 0.3) is 0 Å². The summed E-state index contributed by atoms with van der Waals surface area (Å²) in [6.07, 6.45) is 9.51. The van der Waals surface area contributed by atoms with Crippen molar-refractivity contribution in [2.24, 2.45) is 5.92 Å². The van der Waals surface area contributed by atoms with Gasteiger partial charge in [0.2, 0.25) is 0 Å². The number of nitrogens with one attached hydrogen (secondary N) is 1. The number of hydrogen-bond acceptors (Lipinski definition) is 2. The van der Waals surface area contributed by atoms with E-state index in [0.717, 1.165) is 17.5 Å². The van der Waals surface area contributed by atoms with Gasteiger partial charge in [-0.2, -0.15) is 0 Å². The van der Waals surface area contributed by atoms with Gasteiger partial charge in [-0.3, -0.25) is 0 Å². The van der Waals surface area contributed by atoms with Crippen LogP contribution in [-0.4, -0.2) is 12.6 Å². The second-order valence-electron chi connectivity index (χ2n) is 6.87. The fourth-order valence-electron chi connectivity index (χ4n) is 3.79. The Morgan fingerprint density at radius 3 is 2.71 bits per heavy atom. The maximum Gasteiger partial charge on any atom is 0.134 e. The van der Waals surface area contributed by atoms with E-state index in [1.54, 1.807) is 0 Å². The molecule has 2 heteroatoms. The van der Waals surface area contributed by atoms with Crippen LogP contribution in [0.2, 0.25) is 0 Å². The summed E-state index contributed by atoms with van der Waals surface area (Å²) >= 11 is 0. The van der Waals surface area contributed by atoms with Crippen molar-refractivity contribution in [2.45, 2.75) is 56.9 Å². The van der Waals surface area contributed by atoms with E-state index in [1.807, 2.05) is 0 Å². The molecule has 2 unspecified atom stereocenters. The van der Waals surface area contributed by atoms with E-state index in [-0.39, 0.29) is 0 Å². The zero-order valence-electron chi connectivity index (χ0n) is 12.7. The first-order valence-corrected chi connectivity index (χ1v) is 8.62. The molecule has 2 aliphatic rings. The van der Waals surface area contributed by atoms with E-state index in [1.165, 1.54) is 62.6 Å². The van der Waals surface area contributed by atoms with Gasteiger partial charge in [-0.05, 0) is 50.3 Å². The predicted octanol–water partition coefficient (Wildman–Crippen LogP) is 4.85. The fourth-order valence-corrected chi connectivity index (χ4v) is 3.79. The van der Waals surface area contributed by atoms with Gasteiger partial charge in [0, 0.05) is 17.3 Å². The van der Waals surface area contributed by atoms with Crippen LogP contribution in [-0.2, 0) is 0 Å². The van der Waals surface area contributed by atoms with E-state index in [2.05, 4.69) is 35.6 Å². The molecule has 0 spiro atoms. The van der Waals surface area contributed by atoms with Crippen molar-refractivity contribution in [1.29, 1.82) is 0 Å². The Labute approximate surface area is 126 Å². The molecule has 0 saturated heterocycles. The molecule has 1 aromatic heterocycles. The Hall–Kier alpha value is -1.28. The third-order valence-corrected chi connectivity index (χ3v) is 5.22. The van der Waals surface area contributed by atoms with Crippen LogP contribution in [0.5, 0.6) is 0 Å². The average Bonchev–Trinajstić information content (AvgIpc) is 3.27. The van der Waals surface area contributed by atoms with Gasteiger partial charge in [0.15, 0.2) is 0 Å². The van der Waals surface area contributed by atoms with Crippen molar-refractivity contribution in [3.8, 4) is 0 Å². The highest BCUT2D eigenvalue weighted by Crippen LogP contribution is 2.39. The maximum atomic E-state index is 6.19. The van der Waals surface area contributed by atoms with Crippen molar-refractivity contribution < 1.29 is 4.42 Å². The molecule has 0 amide bonds. The standard InChI is InChI=1S/C19H25NO/c1-2-7-15(13-20-16-10-11-16)17(8-3-1)19-12-14-6-4-5-9-18(14)21-19/h4-6,9,12,15-17,20H,1-3,7-8,10-11,13H2.